The van der Waals surface area contributed by atoms with Crippen molar-refractivity contribution in [2.45, 2.75) is 50.8 Å². The third kappa shape index (κ3) is 3.74. The Bertz CT molecular complexity index is 293. The molecule has 0 amide bonds. The van der Waals surface area contributed by atoms with Gasteiger partial charge in [0.15, 0.2) is 0 Å². The first-order valence-electron chi connectivity index (χ1n) is 5.61. The van der Waals surface area contributed by atoms with E-state index in [1.165, 1.54) is 0 Å². The second-order valence-electron chi connectivity index (χ2n) is 4.90. The number of sulfonamides is 1. The standard InChI is InChI=1S/C10H22N2O2S/c1-4-6-10(2,3)12-15(13,14)9-5-7-11-8-9/h9,11-12H,4-8H2,1-3H3. The lowest BCUT2D eigenvalue weighted by Gasteiger charge is -2.27. The third-order valence-corrected chi connectivity index (χ3v) is 4.86. The number of hydrogen-bond donors (Lipinski definition) is 2. The van der Waals surface area contributed by atoms with E-state index < -0.39 is 10.0 Å². The Kier molecular flexibility index (Phi) is 4.14. The first-order chi connectivity index (χ1) is 6.87. The van der Waals surface area contributed by atoms with Crippen molar-refractivity contribution >= 4 is 10.0 Å². The average Bonchev–Trinajstić information content (AvgIpc) is 2.52. The van der Waals surface area contributed by atoms with Crippen molar-refractivity contribution in [3.63, 3.8) is 0 Å². The molecule has 0 radical (unpaired) electrons. The predicted octanol–water partition coefficient (Wildman–Crippen LogP) is 0.846. The number of hydrogen-bond acceptors (Lipinski definition) is 3. The minimum Gasteiger partial charge on any atom is -0.315 e. The summed E-state index contributed by atoms with van der Waals surface area (Å²) in [6.07, 6.45) is 2.57. The van der Waals surface area contributed by atoms with Gasteiger partial charge in [-0.15, -0.1) is 0 Å². The van der Waals surface area contributed by atoms with Crippen molar-refractivity contribution in [1.29, 1.82) is 0 Å². The molecule has 1 heterocycles. The molecule has 1 atom stereocenters. The van der Waals surface area contributed by atoms with Crippen LogP contribution in [0.2, 0.25) is 0 Å². The Labute approximate surface area is 92.9 Å². The van der Waals surface area contributed by atoms with Crippen LogP contribution in [-0.2, 0) is 10.0 Å². The predicted molar refractivity (Wildman–Crippen MR) is 62.3 cm³/mol. The van der Waals surface area contributed by atoms with Gasteiger partial charge in [0.05, 0.1) is 5.25 Å². The van der Waals surface area contributed by atoms with Gasteiger partial charge in [0.2, 0.25) is 10.0 Å². The van der Waals surface area contributed by atoms with E-state index in [0.717, 1.165) is 25.8 Å². The van der Waals surface area contributed by atoms with Crippen molar-refractivity contribution in [1.82, 2.24) is 10.0 Å². The lowest BCUT2D eigenvalue weighted by molar-refractivity contribution is 0.415. The Morgan fingerprint density at radius 3 is 2.60 bits per heavy atom. The quantitative estimate of drug-likeness (QED) is 0.741. The molecule has 0 spiro atoms. The van der Waals surface area contributed by atoms with Crippen molar-refractivity contribution in [3.8, 4) is 0 Å². The van der Waals surface area contributed by atoms with E-state index in [2.05, 4.69) is 17.0 Å². The number of nitrogens with one attached hydrogen (secondary N) is 2. The molecule has 90 valence electrons. The van der Waals surface area contributed by atoms with Crippen LogP contribution < -0.4 is 10.0 Å². The van der Waals surface area contributed by atoms with E-state index in [-0.39, 0.29) is 10.8 Å². The summed E-state index contributed by atoms with van der Waals surface area (Å²) in [6.45, 7) is 7.33. The fourth-order valence-electron chi connectivity index (χ4n) is 2.04. The zero-order valence-corrected chi connectivity index (χ0v) is 10.7. The molecule has 1 rings (SSSR count). The molecule has 1 saturated heterocycles. The first-order valence-corrected chi connectivity index (χ1v) is 7.15. The highest BCUT2D eigenvalue weighted by atomic mass is 32.2. The van der Waals surface area contributed by atoms with Gasteiger partial charge in [-0.1, -0.05) is 13.3 Å². The first kappa shape index (κ1) is 12.9. The zero-order chi connectivity index (χ0) is 11.5. The van der Waals surface area contributed by atoms with E-state index in [1.807, 2.05) is 13.8 Å². The molecular weight excluding hydrogens is 212 g/mol. The van der Waals surface area contributed by atoms with Gasteiger partial charge in [0, 0.05) is 12.1 Å². The van der Waals surface area contributed by atoms with Gasteiger partial charge in [-0.3, -0.25) is 0 Å². The summed E-state index contributed by atoms with van der Waals surface area (Å²) in [5.41, 5.74) is -0.323. The van der Waals surface area contributed by atoms with E-state index in [9.17, 15) is 8.42 Å². The van der Waals surface area contributed by atoms with Crippen LogP contribution in [0.15, 0.2) is 0 Å². The van der Waals surface area contributed by atoms with Crippen molar-refractivity contribution in [3.05, 3.63) is 0 Å². The van der Waals surface area contributed by atoms with Crippen LogP contribution in [0.1, 0.15) is 40.0 Å². The zero-order valence-electron chi connectivity index (χ0n) is 9.84. The van der Waals surface area contributed by atoms with Gasteiger partial charge in [-0.2, -0.15) is 0 Å². The highest BCUT2D eigenvalue weighted by Gasteiger charge is 2.32. The van der Waals surface area contributed by atoms with Crippen LogP contribution in [0, 0.1) is 0 Å². The maximum Gasteiger partial charge on any atom is 0.216 e. The molecule has 1 fully saturated rings. The Hall–Kier alpha value is -0.130. The Morgan fingerprint density at radius 2 is 2.13 bits per heavy atom. The summed E-state index contributed by atoms with van der Waals surface area (Å²) in [6, 6.07) is 0. The van der Waals surface area contributed by atoms with Crippen LogP contribution in [0.4, 0.5) is 0 Å². The number of rotatable bonds is 5. The fourth-order valence-corrected chi connectivity index (χ4v) is 3.84. The topological polar surface area (TPSA) is 58.2 Å². The second-order valence-corrected chi connectivity index (χ2v) is 6.86. The van der Waals surface area contributed by atoms with E-state index in [0.29, 0.717) is 6.54 Å². The van der Waals surface area contributed by atoms with Crippen LogP contribution in [-0.4, -0.2) is 32.3 Å². The highest BCUT2D eigenvalue weighted by Crippen LogP contribution is 2.16. The maximum absolute atomic E-state index is 12.0. The summed E-state index contributed by atoms with van der Waals surface area (Å²) in [5, 5.41) is 2.82. The van der Waals surface area contributed by atoms with Gasteiger partial charge < -0.3 is 5.32 Å². The molecule has 0 saturated carbocycles. The molecule has 0 bridgehead atoms. The van der Waals surface area contributed by atoms with E-state index in [1.54, 1.807) is 0 Å². The lowest BCUT2D eigenvalue weighted by Crippen LogP contribution is -2.47. The molecule has 4 nitrogen and oxygen atoms in total. The SMILES string of the molecule is CCCC(C)(C)NS(=O)(=O)C1CCNC1. The van der Waals surface area contributed by atoms with Gasteiger partial charge in [-0.05, 0) is 33.2 Å². The highest BCUT2D eigenvalue weighted by molar-refractivity contribution is 7.90. The monoisotopic (exact) mass is 234 g/mol. The van der Waals surface area contributed by atoms with E-state index >= 15 is 0 Å². The lowest BCUT2D eigenvalue weighted by atomic mass is 10.0. The van der Waals surface area contributed by atoms with Crippen LogP contribution in [0.3, 0.4) is 0 Å². The second kappa shape index (κ2) is 4.80. The average molecular weight is 234 g/mol. The summed E-state index contributed by atoms with van der Waals surface area (Å²) >= 11 is 0. The molecule has 0 aliphatic carbocycles. The van der Waals surface area contributed by atoms with Gasteiger partial charge >= 0.3 is 0 Å². The minimum absolute atomic E-state index is 0.256. The van der Waals surface area contributed by atoms with Crippen molar-refractivity contribution < 1.29 is 8.42 Å². The van der Waals surface area contributed by atoms with Crippen LogP contribution in [0.5, 0.6) is 0 Å². The summed E-state index contributed by atoms with van der Waals surface area (Å²) in [5.74, 6) is 0. The largest absolute Gasteiger partial charge is 0.315 e. The molecule has 0 aromatic carbocycles. The van der Waals surface area contributed by atoms with Crippen molar-refractivity contribution in [2.75, 3.05) is 13.1 Å². The molecule has 5 heteroatoms. The molecule has 0 aromatic rings. The minimum atomic E-state index is -3.15. The van der Waals surface area contributed by atoms with E-state index in [4.69, 9.17) is 0 Å². The molecule has 0 aromatic heterocycles. The molecule has 1 aliphatic heterocycles. The Morgan fingerprint density at radius 1 is 1.47 bits per heavy atom. The smallest absolute Gasteiger partial charge is 0.216 e. The Balaban J connectivity index is 2.62. The fraction of sp³-hybridized carbons (Fsp3) is 1.00. The molecule has 1 unspecified atom stereocenters. The normalized spacial score (nSPS) is 23.3. The van der Waals surface area contributed by atoms with Gasteiger partial charge in [0.25, 0.3) is 0 Å². The summed E-state index contributed by atoms with van der Waals surface area (Å²) < 4.78 is 26.8. The summed E-state index contributed by atoms with van der Waals surface area (Å²) in [7, 11) is -3.15. The van der Waals surface area contributed by atoms with Crippen molar-refractivity contribution in [2.24, 2.45) is 0 Å². The molecule has 15 heavy (non-hydrogen) atoms. The summed E-state index contributed by atoms with van der Waals surface area (Å²) in [4.78, 5) is 0. The van der Waals surface area contributed by atoms with Gasteiger partial charge in [-0.25, -0.2) is 13.1 Å². The van der Waals surface area contributed by atoms with Crippen LogP contribution in [0.25, 0.3) is 0 Å². The molecular formula is C10H22N2O2S. The van der Waals surface area contributed by atoms with Crippen LogP contribution >= 0.6 is 0 Å². The molecule has 1 aliphatic rings. The molecule has 2 N–H and O–H groups in total. The third-order valence-electron chi connectivity index (χ3n) is 2.75. The van der Waals surface area contributed by atoms with Gasteiger partial charge in [0.1, 0.15) is 0 Å². The maximum atomic E-state index is 12.0.